The third kappa shape index (κ3) is 11.9. The molecular formula is C62H84NO7S2+. The molecule has 3 fully saturated rings. The van der Waals surface area contributed by atoms with E-state index in [0.29, 0.717) is 50.8 Å². The smallest absolute Gasteiger partial charge is 0.430 e. The van der Waals surface area contributed by atoms with Crippen LogP contribution in [-0.4, -0.2) is 63.6 Å². The van der Waals surface area contributed by atoms with Crippen molar-refractivity contribution in [1.82, 2.24) is 0 Å². The average molecular weight is 1020 g/mol. The Bertz CT molecular complexity index is 2500. The van der Waals surface area contributed by atoms with Crippen LogP contribution in [-0.2, 0) is 25.5 Å². The van der Waals surface area contributed by atoms with Crippen LogP contribution in [0.5, 0.6) is 5.75 Å². The Balaban J connectivity index is 0.765. The Labute approximate surface area is 439 Å². The van der Waals surface area contributed by atoms with E-state index in [1.807, 2.05) is 34.8 Å². The molecule has 8 nitrogen and oxygen atoms in total. The van der Waals surface area contributed by atoms with Gasteiger partial charge in [0.25, 0.3) is 0 Å². The van der Waals surface area contributed by atoms with Crippen LogP contribution in [0.3, 0.4) is 0 Å². The lowest BCUT2D eigenvalue weighted by atomic mass is 9.47. The molecule has 0 unspecified atom stereocenters. The number of benzene rings is 1. The van der Waals surface area contributed by atoms with Crippen molar-refractivity contribution < 1.29 is 38.2 Å². The summed E-state index contributed by atoms with van der Waals surface area (Å²) in [4.78, 5) is 18.5. The zero-order valence-electron chi connectivity index (χ0n) is 44.6. The van der Waals surface area contributed by atoms with E-state index in [0.717, 1.165) is 86.1 Å². The first-order chi connectivity index (χ1) is 34.8. The molecule has 72 heavy (non-hydrogen) atoms. The number of aryl methyl sites for hydroxylation is 2. The summed E-state index contributed by atoms with van der Waals surface area (Å²) < 4.78 is 30.6. The first-order valence-electron chi connectivity index (χ1n) is 27.8. The minimum Gasteiger partial charge on any atom is -0.430 e. The SMILES string of the molecule is Cc1sc(-c2ccc(OC(=O)O[C@H]3CC[C@@]4(C)C(=CC[C@H]5[C@@H]6CC[C@H]([C@H](C)CCCC(C)C)[C@@]6(C)CC[C@@H]54)C3)cc2)cc1C1=C(c2cc(-c3cc[n+](CCOCCOCCOCCO)cc3)sc2C)CCC1. The number of pyridine rings is 1. The highest BCUT2D eigenvalue weighted by molar-refractivity contribution is 7.16. The molecule has 0 bridgehead atoms. The Morgan fingerprint density at radius 3 is 2.06 bits per heavy atom. The minimum absolute atomic E-state index is 0.0313. The fourth-order valence-electron chi connectivity index (χ4n) is 14.4. The highest BCUT2D eigenvalue weighted by Crippen LogP contribution is 2.67. The number of ether oxygens (including phenoxy) is 5. The molecule has 5 aliphatic rings. The number of hydrogen-bond donors (Lipinski definition) is 1. The highest BCUT2D eigenvalue weighted by Gasteiger charge is 2.59. The molecule has 3 aromatic heterocycles. The van der Waals surface area contributed by atoms with E-state index in [1.54, 1.807) is 0 Å². The second kappa shape index (κ2) is 23.9. The number of aromatic nitrogens is 1. The Morgan fingerprint density at radius 1 is 0.764 bits per heavy atom. The van der Waals surface area contributed by atoms with Crippen LogP contribution < -0.4 is 9.30 Å². The maximum absolute atomic E-state index is 13.3. The number of fused-ring (bicyclic) bond motifs is 5. The number of hydrogen-bond acceptors (Lipinski definition) is 9. The predicted molar refractivity (Wildman–Crippen MR) is 293 cm³/mol. The number of thiophene rings is 2. The standard InChI is InChI=1S/C62H84NO7S2/c1-41(2)10-8-11-42(3)55-20-21-56-52-19-16-47-38-49(22-26-61(47,6)57(52)23-27-62(55,56)7)70-60(65)69-48-17-14-45(15-18-48)58-39-53(43(4)71-58)50-12-9-13-51(50)54-40-59(72-44(54)5)46-24-28-63(29-25-46)30-32-66-34-36-68-37-35-67-33-31-64/h14-18,24-25,28-29,39-42,49,52,55-57,64H,8-13,19-23,26-27,30-38H2,1-7H3/q+1/t42-,49+,52+,55-,56+,57+,61+,62-/m1/s1. The topological polar surface area (TPSA) is 87.3 Å². The Hall–Kier alpha value is -3.64. The van der Waals surface area contributed by atoms with Crippen molar-refractivity contribution in [2.75, 3.05) is 46.2 Å². The molecule has 8 atom stereocenters. The van der Waals surface area contributed by atoms with Gasteiger partial charge in [0.15, 0.2) is 18.9 Å². The van der Waals surface area contributed by atoms with Crippen LogP contribution in [0.25, 0.3) is 32.0 Å². The van der Waals surface area contributed by atoms with Crippen LogP contribution in [0.1, 0.15) is 145 Å². The Morgan fingerprint density at radius 2 is 1.40 bits per heavy atom. The predicted octanol–water partition coefficient (Wildman–Crippen LogP) is 15.1. The molecule has 390 valence electrons. The van der Waals surface area contributed by atoms with Gasteiger partial charge in [-0.05, 0) is 189 Å². The lowest BCUT2D eigenvalue weighted by Crippen LogP contribution is -2.51. The lowest BCUT2D eigenvalue weighted by Gasteiger charge is -2.58. The van der Waals surface area contributed by atoms with Gasteiger partial charge in [0.2, 0.25) is 0 Å². The van der Waals surface area contributed by atoms with Gasteiger partial charge >= 0.3 is 6.16 Å². The Kier molecular flexibility index (Phi) is 17.7. The lowest BCUT2D eigenvalue weighted by molar-refractivity contribution is -0.698. The molecule has 4 aromatic rings. The van der Waals surface area contributed by atoms with Crippen LogP contribution in [0, 0.1) is 60.2 Å². The van der Waals surface area contributed by atoms with E-state index < -0.39 is 6.16 Å². The van der Waals surface area contributed by atoms with E-state index in [4.69, 9.17) is 28.8 Å². The number of carbonyl (C=O) groups is 1. The second-order valence-corrected chi connectivity index (χ2v) is 25.5. The summed E-state index contributed by atoms with van der Waals surface area (Å²) in [5.41, 5.74) is 10.3. The molecule has 0 spiro atoms. The first kappa shape index (κ1) is 53.2. The van der Waals surface area contributed by atoms with E-state index >= 15 is 0 Å². The molecule has 3 heterocycles. The van der Waals surface area contributed by atoms with Gasteiger partial charge in [-0.15, -0.1) is 22.7 Å². The molecule has 0 saturated heterocycles. The summed E-state index contributed by atoms with van der Waals surface area (Å²) in [5, 5.41) is 8.77. The normalized spacial score (nSPS) is 26.3. The van der Waals surface area contributed by atoms with Crippen LogP contribution in [0.15, 0.2) is 72.6 Å². The zero-order valence-corrected chi connectivity index (χ0v) is 46.2. The summed E-state index contributed by atoms with van der Waals surface area (Å²) in [5.74, 6) is 5.43. The van der Waals surface area contributed by atoms with Gasteiger partial charge in [-0.1, -0.05) is 65.5 Å². The van der Waals surface area contributed by atoms with Crippen molar-refractivity contribution in [1.29, 1.82) is 0 Å². The quantitative estimate of drug-likeness (QED) is 0.0276. The zero-order chi connectivity index (χ0) is 50.4. The van der Waals surface area contributed by atoms with Crippen molar-refractivity contribution in [2.24, 2.45) is 46.3 Å². The molecule has 3 saturated carbocycles. The van der Waals surface area contributed by atoms with Gasteiger partial charge in [0.1, 0.15) is 18.5 Å². The fourth-order valence-corrected chi connectivity index (χ4v) is 16.5. The van der Waals surface area contributed by atoms with E-state index in [-0.39, 0.29) is 18.1 Å². The maximum atomic E-state index is 13.3. The molecule has 1 N–H and O–H groups in total. The monoisotopic (exact) mass is 1020 g/mol. The average Bonchev–Trinajstić information content (AvgIpc) is 4.17. The molecule has 9 rings (SSSR count). The van der Waals surface area contributed by atoms with Crippen molar-refractivity contribution in [3.63, 3.8) is 0 Å². The fraction of sp³-hybridized carbons (Fsp3) is 0.613. The number of aliphatic hydroxyl groups excluding tert-OH is 1. The summed E-state index contributed by atoms with van der Waals surface area (Å²) in [6, 6.07) is 17.2. The summed E-state index contributed by atoms with van der Waals surface area (Å²) in [7, 11) is 0. The van der Waals surface area contributed by atoms with Crippen LogP contribution in [0.4, 0.5) is 4.79 Å². The second-order valence-electron chi connectivity index (χ2n) is 23.0. The van der Waals surface area contributed by atoms with E-state index in [9.17, 15) is 4.79 Å². The van der Waals surface area contributed by atoms with Crippen molar-refractivity contribution in [3.05, 3.63) is 93.5 Å². The van der Waals surface area contributed by atoms with E-state index in [1.165, 1.54) is 104 Å². The third-order valence-corrected chi connectivity index (χ3v) is 20.4. The van der Waals surface area contributed by atoms with Crippen molar-refractivity contribution >= 4 is 40.0 Å². The summed E-state index contributed by atoms with van der Waals surface area (Å²) >= 11 is 3.72. The number of aliphatic hydroxyl groups is 1. The first-order valence-corrected chi connectivity index (χ1v) is 29.4. The van der Waals surface area contributed by atoms with Crippen molar-refractivity contribution in [3.8, 4) is 26.6 Å². The van der Waals surface area contributed by atoms with Gasteiger partial charge in [0, 0.05) is 43.6 Å². The molecule has 0 amide bonds. The molecule has 1 aromatic carbocycles. The molecule has 10 heteroatoms. The van der Waals surface area contributed by atoms with Crippen LogP contribution in [0.2, 0.25) is 0 Å². The van der Waals surface area contributed by atoms with Crippen LogP contribution >= 0.6 is 22.7 Å². The number of nitrogens with zero attached hydrogens (tertiary/aromatic N) is 1. The minimum atomic E-state index is -0.588. The van der Waals surface area contributed by atoms with Crippen molar-refractivity contribution in [2.45, 2.75) is 151 Å². The summed E-state index contributed by atoms with van der Waals surface area (Å²) in [6.07, 6.45) is 23.2. The number of allylic oxidation sites excluding steroid dienone is 3. The van der Waals surface area contributed by atoms with Gasteiger partial charge in [-0.3, -0.25) is 0 Å². The number of rotatable bonds is 22. The largest absolute Gasteiger partial charge is 0.514 e. The summed E-state index contributed by atoms with van der Waals surface area (Å²) in [6.45, 7) is 20.9. The maximum Gasteiger partial charge on any atom is 0.514 e. The van der Waals surface area contributed by atoms with E-state index in [2.05, 4.69) is 108 Å². The number of carbonyl (C=O) groups excluding carboxylic acids is 1. The highest BCUT2D eigenvalue weighted by atomic mass is 32.1. The van der Waals surface area contributed by atoms with Gasteiger partial charge in [-0.25, -0.2) is 9.36 Å². The third-order valence-electron chi connectivity index (χ3n) is 18.2. The molecule has 0 aliphatic heterocycles. The molecule has 0 radical (unpaired) electrons. The van der Waals surface area contributed by atoms with Gasteiger partial charge in [-0.2, -0.15) is 0 Å². The van der Waals surface area contributed by atoms with Gasteiger partial charge in [0.05, 0.1) is 39.6 Å². The molecular weight excluding hydrogens is 935 g/mol. The molecule has 5 aliphatic carbocycles. The van der Waals surface area contributed by atoms with Gasteiger partial charge < -0.3 is 28.8 Å².